The molecule has 2 rings (SSSR count). The van der Waals surface area contributed by atoms with Gasteiger partial charge < -0.3 is 5.32 Å². The molecule has 1 heterocycles. The highest BCUT2D eigenvalue weighted by molar-refractivity contribution is 5.48. The first-order valence-corrected chi connectivity index (χ1v) is 5.57. The molecule has 17 heavy (non-hydrogen) atoms. The lowest BCUT2D eigenvalue weighted by Crippen LogP contribution is -2.04. The van der Waals surface area contributed by atoms with E-state index in [0.29, 0.717) is 17.8 Å². The molecule has 0 bridgehead atoms. The Morgan fingerprint density at radius 2 is 2.00 bits per heavy atom. The molecule has 2 nitrogen and oxygen atoms in total. The van der Waals surface area contributed by atoms with E-state index in [4.69, 9.17) is 0 Å². The average molecular weight is 230 g/mol. The summed E-state index contributed by atoms with van der Waals surface area (Å²) in [6, 6.07) is 7.30. The Kier molecular flexibility index (Phi) is 3.38. The molecule has 0 unspecified atom stereocenters. The molecular weight excluding hydrogens is 215 g/mol. The Morgan fingerprint density at radius 1 is 1.18 bits per heavy atom. The molecule has 1 aromatic heterocycles. The Hall–Kier alpha value is -1.90. The van der Waals surface area contributed by atoms with Crippen molar-refractivity contribution in [1.29, 1.82) is 0 Å². The predicted molar refractivity (Wildman–Crippen MR) is 67.4 cm³/mol. The van der Waals surface area contributed by atoms with E-state index in [0.717, 1.165) is 11.1 Å². The van der Waals surface area contributed by atoms with Gasteiger partial charge in [0.25, 0.3) is 0 Å². The van der Waals surface area contributed by atoms with Crippen LogP contribution in [0.1, 0.15) is 16.7 Å². The van der Waals surface area contributed by atoms with Crippen molar-refractivity contribution in [2.45, 2.75) is 20.4 Å². The fraction of sp³-hybridized carbons (Fsp3) is 0.214. The van der Waals surface area contributed by atoms with Crippen LogP contribution in [0.25, 0.3) is 0 Å². The summed E-state index contributed by atoms with van der Waals surface area (Å²) in [5.41, 5.74) is 3.42. The van der Waals surface area contributed by atoms with E-state index in [2.05, 4.69) is 10.3 Å². The van der Waals surface area contributed by atoms with Crippen molar-refractivity contribution < 1.29 is 4.39 Å². The van der Waals surface area contributed by atoms with Gasteiger partial charge in [0.1, 0.15) is 5.82 Å². The summed E-state index contributed by atoms with van der Waals surface area (Å²) in [5, 5.41) is 3.10. The number of nitrogens with zero attached hydrogens (tertiary/aromatic N) is 1. The van der Waals surface area contributed by atoms with Crippen molar-refractivity contribution in [3.05, 3.63) is 59.2 Å². The Balaban J connectivity index is 2.13. The van der Waals surface area contributed by atoms with Crippen LogP contribution in [-0.4, -0.2) is 4.98 Å². The quantitative estimate of drug-likeness (QED) is 0.873. The van der Waals surface area contributed by atoms with Crippen molar-refractivity contribution in [2.24, 2.45) is 0 Å². The minimum absolute atomic E-state index is 0.186. The van der Waals surface area contributed by atoms with Gasteiger partial charge in [-0.3, -0.25) is 4.98 Å². The lowest BCUT2D eigenvalue weighted by molar-refractivity contribution is 0.621. The first-order valence-electron chi connectivity index (χ1n) is 5.57. The number of hydrogen-bond donors (Lipinski definition) is 1. The molecule has 0 saturated carbocycles. The monoisotopic (exact) mass is 230 g/mol. The molecule has 3 heteroatoms. The predicted octanol–water partition coefficient (Wildman–Crippen LogP) is 3.45. The summed E-state index contributed by atoms with van der Waals surface area (Å²) in [6.45, 7) is 4.36. The van der Waals surface area contributed by atoms with E-state index < -0.39 is 0 Å². The van der Waals surface area contributed by atoms with E-state index in [1.807, 2.05) is 19.1 Å². The first-order chi connectivity index (χ1) is 8.18. The van der Waals surface area contributed by atoms with Crippen molar-refractivity contribution >= 4 is 5.69 Å². The van der Waals surface area contributed by atoms with Crippen molar-refractivity contribution in [3.63, 3.8) is 0 Å². The number of hydrogen-bond acceptors (Lipinski definition) is 2. The van der Waals surface area contributed by atoms with Gasteiger partial charge >= 0.3 is 0 Å². The van der Waals surface area contributed by atoms with Gasteiger partial charge in [0.05, 0.1) is 5.69 Å². The van der Waals surface area contributed by atoms with Gasteiger partial charge in [0.15, 0.2) is 0 Å². The lowest BCUT2D eigenvalue weighted by Gasteiger charge is -2.10. The van der Waals surface area contributed by atoms with E-state index in [9.17, 15) is 4.39 Å². The number of benzene rings is 1. The number of anilines is 1. The number of aromatic nitrogens is 1. The molecule has 0 fully saturated rings. The van der Waals surface area contributed by atoms with Crippen LogP contribution in [-0.2, 0) is 6.54 Å². The third-order valence-electron chi connectivity index (χ3n) is 2.81. The number of nitrogens with one attached hydrogen (secondary N) is 1. The van der Waals surface area contributed by atoms with Gasteiger partial charge in [0, 0.05) is 18.9 Å². The largest absolute Gasteiger partial charge is 0.379 e. The van der Waals surface area contributed by atoms with Gasteiger partial charge in [-0.25, -0.2) is 4.39 Å². The highest BCUT2D eigenvalue weighted by Crippen LogP contribution is 2.18. The van der Waals surface area contributed by atoms with Gasteiger partial charge in [-0.15, -0.1) is 0 Å². The highest BCUT2D eigenvalue weighted by atomic mass is 19.1. The zero-order valence-electron chi connectivity index (χ0n) is 10.00. The third-order valence-corrected chi connectivity index (χ3v) is 2.81. The molecule has 2 aromatic rings. The summed E-state index contributed by atoms with van der Waals surface area (Å²) >= 11 is 0. The van der Waals surface area contributed by atoms with Crippen LogP contribution in [0.4, 0.5) is 10.1 Å². The van der Waals surface area contributed by atoms with E-state index >= 15 is 0 Å². The summed E-state index contributed by atoms with van der Waals surface area (Å²) < 4.78 is 13.7. The highest BCUT2D eigenvalue weighted by Gasteiger charge is 2.04. The van der Waals surface area contributed by atoms with Crippen LogP contribution in [0.3, 0.4) is 0 Å². The topological polar surface area (TPSA) is 24.9 Å². The van der Waals surface area contributed by atoms with Crippen molar-refractivity contribution in [2.75, 3.05) is 5.32 Å². The maximum absolute atomic E-state index is 13.7. The standard InChI is InChI=1S/C14H15FN2/c1-10-6-7-16-8-12(10)9-17-13-5-3-4-11(2)14(13)15/h3-8,17H,9H2,1-2H3. The van der Waals surface area contributed by atoms with Crippen LogP contribution >= 0.6 is 0 Å². The second-order valence-electron chi connectivity index (χ2n) is 4.09. The van der Waals surface area contributed by atoms with Gasteiger partial charge in [-0.1, -0.05) is 12.1 Å². The number of halogens is 1. The minimum Gasteiger partial charge on any atom is -0.379 e. The molecular formula is C14H15FN2. The smallest absolute Gasteiger partial charge is 0.149 e. The fourth-order valence-corrected chi connectivity index (χ4v) is 1.66. The molecule has 0 spiro atoms. The zero-order chi connectivity index (χ0) is 12.3. The average Bonchev–Trinajstić information content (AvgIpc) is 2.33. The van der Waals surface area contributed by atoms with Gasteiger partial charge in [-0.05, 0) is 42.7 Å². The molecule has 0 atom stereocenters. The Bertz CT molecular complexity index is 523. The molecule has 0 aliphatic carbocycles. The van der Waals surface area contributed by atoms with Crippen LogP contribution in [0.5, 0.6) is 0 Å². The van der Waals surface area contributed by atoms with E-state index in [-0.39, 0.29) is 5.82 Å². The molecule has 0 aliphatic heterocycles. The van der Waals surface area contributed by atoms with Gasteiger partial charge in [-0.2, -0.15) is 0 Å². The van der Waals surface area contributed by atoms with Crippen molar-refractivity contribution in [1.82, 2.24) is 4.98 Å². The van der Waals surface area contributed by atoms with Crippen LogP contribution in [0, 0.1) is 19.7 Å². The van der Waals surface area contributed by atoms with E-state index in [1.165, 1.54) is 0 Å². The summed E-state index contributed by atoms with van der Waals surface area (Å²) in [5.74, 6) is -0.186. The fourth-order valence-electron chi connectivity index (χ4n) is 1.66. The van der Waals surface area contributed by atoms with Crippen LogP contribution < -0.4 is 5.32 Å². The normalized spacial score (nSPS) is 10.3. The molecule has 0 aliphatic rings. The van der Waals surface area contributed by atoms with E-state index in [1.54, 1.807) is 31.5 Å². The van der Waals surface area contributed by atoms with Crippen molar-refractivity contribution in [3.8, 4) is 0 Å². The van der Waals surface area contributed by atoms with Crippen LogP contribution in [0.15, 0.2) is 36.7 Å². The molecule has 88 valence electrons. The van der Waals surface area contributed by atoms with Crippen LogP contribution in [0.2, 0.25) is 0 Å². The summed E-state index contributed by atoms with van der Waals surface area (Å²) in [6.07, 6.45) is 3.56. The number of pyridine rings is 1. The number of rotatable bonds is 3. The molecule has 1 N–H and O–H groups in total. The summed E-state index contributed by atoms with van der Waals surface area (Å²) in [4.78, 5) is 4.06. The second kappa shape index (κ2) is 4.95. The zero-order valence-corrected chi connectivity index (χ0v) is 10.00. The third kappa shape index (κ3) is 2.61. The first kappa shape index (κ1) is 11.6. The SMILES string of the molecule is Cc1ccncc1CNc1cccc(C)c1F. The second-order valence-corrected chi connectivity index (χ2v) is 4.09. The minimum atomic E-state index is -0.186. The Morgan fingerprint density at radius 3 is 2.76 bits per heavy atom. The Labute approximate surface area is 101 Å². The van der Waals surface area contributed by atoms with Gasteiger partial charge in [0.2, 0.25) is 0 Å². The molecule has 0 radical (unpaired) electrons. The number of aryl methyl sites for hydroxylation is 2. The molecule has 0 saturated heterocycles. The lowest BCUT2D eigenvalue weighted by atomic mass is 10.1. The summed E-state index contributed by atoms with van der Waals surface area (Å²) in [7, 11) is 0. The molecule has 1 aromatic carbocycles. The molecule has 0 amide bonds. The maximum atomic E-state index is 13.7. The maximum Gasteiger partial charge on any atom is 0.149 e.